The number of hydrogen-bond donors (Lipinski definition) is 3. The summed E-state index contributed by atoms with van der Waals surface area (Å²) in [7, 11) is -4.00. The summed E-state index contributed by atoms with van der Waals surface area (Å²) < 4.78 is 49.2. The van der Waals surface area contributed by atoms with Gasteiger partial charge in [0.25, 0.3) is 5.92 Å². The minimum Gasteiger partial charge on any atom is -0.390 e. The number of rotatable bonds is 5. The lowest BCUT2D eigenvalue weighted by Crippen LogP contribution is -2.38. The number of sulfonamides is 1. The van der Waals surface area contributed by atoms with E-state index in [4.69, 9.17) is 5.11 Å². The van der Waals surface area contributed by atoms with Crippen LogP contribution < -0.4 is 4.72 Å². The van der Waals surface area contributed by atoms with Crippen LogP contribution in [0.15, 0.2) is 17.3 Å². The number of H-pyrrole nitrogens is 1. The molecule has 0 atom stereocenters. The van der Waals surface area contributed by atoms with Crippen molar-refractivity contribution in [2.24, 2.45) is 0 Å². The van der Waals surface area contributed by atoms with Crippen LogP contribution in [0.4, 0.5) is 8.78 Å². The van der Waals surface area contributed by atoms with Crippen molar-refractivity contribution in [1.82, 2.24) is 14.9 Å². The van der Waals surface area contributed by atoms with Crippen LogP contribution in [0, 0.1) is 0 Å². The van der Waals surface area contributed by atoms with E-state index in [9.17, 15) is 17.2 Å². The van der Waals surface area contributed by atoms with Crippen molar-refractivity contribution in [2.75, 3.05) is 13.2 Å². The molecule has 3 N–H and O–H groups in total. The van der Waals surface area contributed by atoms with Crippen molar-refractivity contribution in [3.63, 3.8) is 0 Å². The Morgan fingerprint density at radius 2 is 2.27 bits per heavy atom. The maximum atomic E-state index is 12.5. The Balaban J connectivity index is 2.67. The van der Waals surface area contributed by atoms with Crippen LogP contribution in [0.1, 0.15) is 0 Å². The highest BCUT2D eigenvalue weighted by Gasteiger charge is 2.30. The summed E-state index contributed by atoms with van der Waals surface area (Å²) in [5, 5.41) is 13.8. The minimum atomic E-state index is -4.00. The van der Waals surface area contributed by atoms with Crippen LogP contribution in [-0.2, 0) is 10.0 Å². The van der Waals surface area contributed by atoms with E-state index in [0.29, 0.717) is 0 Å². The van der Waals surface area contributed by atoms with Crippen LogP contribution in [0.3, 0.4) is 0 Å². The predicted molar refractivity (Wildman–Crippen MR) is 45.8 cm³/mol. The van der Waals surface area contributed by atoms with Gasteiger partial charge in [-0.1, -0.05) is 0 Å². The van der Waals surface area contributed by atoms with Gasteiger partial charge in [-0.25, -0.2) is 21.9 Å². The summed E-state index contributed by atoms with van der Waals surface area (Å²) in [6, 6.07) is 0. The molecule has 0 aromatic carbocycles. The van der Waals surface area contributed by atoms with Crippen molar-refractivity contribution in [1.29, 1.82) is 0 Å². The highest BCUT2D eigenvalue weighted by Crippen LogP contribution is 2.12. The van der Waals surface area contributed by atoms with Crippen LogP contribution in [0.25, 0.3) is 0 Å². The molecule has 1 rings (SSSR count). The molecule has 0 unspecified atom stereocenters. The minimum absolute atomic E-state index is 0.240. The van der Waals surface area contributed by atoms with Gasteiger partial charge >= 0.3 is 0 Å². The molecule has 0 spiro atoms. The van der Waals surface area contributed by atoms with E-state index in [-0.39, 0.29) is 4.90 Å². The molecule has 0 bridgehead atoms. The number of nitrogens with zero attached hydrogens (tertiary/aromatic N) is 1. The van der Waals surface area contributed by atoms with Crippen LogP contribution in [-0.4, -0.2) is 42.8 Å². The summed E-state index contributed by atoms with van der Waals surface area (Å²) in [5.74, 6) is -3.48. The van der Waals surface area contributed by atoms with Crippen LogP contribution in [0.2, 0.25) is 0 Å². The highest BCUT2D eigenvalue weighted by molar-refractivity contribution is 7.89. The number of aliphatic hydroxyl groups excluding tert-OH is 1. The van der Waals surface area contributed by atoms with Gasteiger partial charge in [-0.15, -0.1) is 0 Å². The largest absolute Gasteiger partial charge is 0.390 e. The van der Waals surface area contributed by atoms with Gasteiger partial charge < -0.3 is 5.11 Å². The zero-order valence-corrected chi connectivity index (χ0v) is 8.26. The molecule has 1 heterocycles. The Labute approximate surface area is 84.4 Å². The average molecular weight is 241 g/mol. The molecule has 0 radical (unpaired) electrons. The van der Waals surface area contributed by atoms with E-state index in [2.05, 4.69) is 10.2 Å². The third kappa shape index (κ3) is 3.22. The van der Waals surface area contributed by atoms with Crippen LogP contribution in [0.5, 0.6) is 0 Å². The summed E-state index contributed by atoms with van der Waals surface area (Å²) in [6.07, 6.45) is 2.04. The summed E-state index contributed by atoms with van der Waals surface area (Å²) >= 11 is 0. The standard InChI is InChI=1S/C6H9F2N3O3S/c7-6(8,4-12)3-11-15(13,14)5-1-9-10-2-5/h1-2,11-12H,3-4H2,(H,9,10). The molecular formula is C6H9F2N3O3S. The first kappa shape index (κ1) is 12.0. The fourth-order valence-electron chi connectivity index (χ4n) is 0.726. The number of nitrogens with one attached hydrogen (secondary N) is 2. The van der Waals surface area contributed by atoms with E-state index >= 15 is 0 Å². The van der Waals surface area contributed by atoms with Crippen molar-refractivity contribution >= 4 is 10.0 Å². The molecule has 0 saturated carbocycles. The van der Waals surface area contributed by atoms with Crippen molar-refractivity contribution in [3.8, 4) is 0 Å². The molecule has 0 saturated heterocycles. The second-order valence-electron chi connectivity index (χ2n) is 2.77. The van der Waals surface area contributed by atoms with Crippen molar-refractivity contribution in [3.05, 3.63) is 12.4 Å². The molecule has 1 aromatic rings. The molecule has 0 amide bonds. The molecule has 0 aliphatic rings. The fourth-order valence-corrected chi connectivity index (χ4v) is 1.69. The summed E-state index contributed by atoms with van der Waals surface area (Å²) in [5.41, 5.74) is 0. The third-order valence-corrected chi connectivity index (χ3v) is 2.90. The first-order valence-electron chi connectivity index (χ1n) is 3.84. The average Bonchev–Trinajstić information content (AvgIpc) is 2.69. The molecule has 15 heavy (non-hydrogen) atoms. The third-order valence-electron chi connectivity index (χ3n) is 1.54. The maximum absolute atomic E-state index is 12.5. The van der Waals surface area contributed by atoms with E-state index in [1.165, 1.54) is 0 Å². The number of aromatic amines is 1. The van der Waals surface area contributed by atoms with Gasteiger partial charge in [0.05, 0.1) is 12.7 Å². The lowest BCUT2D eigenvalue weighted by atomic mass is 10.4. The Morgan fingerprint density at radius 1 is 1.60 bits per heavy atom. The summed E-state index contributed by atoms with van der Waals surface area (Å²) in [4.78, 5) is -0.240. The van der Waals surface area contributed by atoms with Gasteiger partial charge in [0.2, 0.25) is 10.0 Å². The SMILES string of the molecule is O=S(=O)(NCC(F)(F)CO)c1cn[nH]c1. The molecule has 0 aliphatic carbocycles. The van der Waals surface area contributed by atoms with Gasteiger partial charge in [0, 0.05) is 6.20 Å². The van der Waals surface area contributed by atoms with E-state index in [1.807, 2.05) is 0 Å². The van der Waals surface area contributed by atoms with Gasteiger partial charge in [-0.2, -0.15) is 5.10 Å². The van der Waals surface area contributed by atoms with Crippen molar-refractivity contribution < 1.29 is 22.3 Å². The zero-order valence-electron chi connectivity index (χ0n) is 7.44. The van der Waals surface area contributed by atoms with E-state index < -0.39 is 29.1 Å². The monoisotopic (exact) mass is 241 g/mol. The fraction of sp³-hybridized carbons (Fsp3) is 0.500. The lowest BCUT2D eigenvalue weighted by molar-refractivity contribution is -0.0437. The highest BCUT2D eigenvalue weighted by atomic mass is 32.2. The second-order valence-corrected chi connectivity index (χ2v) is 4.54. The number of alkyl halides is 2. The van der Waals surface area contributed by atoms with Gasteiger partial charge in [0.1, 0.15) is 11.5 Å². The number of hydrogen-bond acceptors (Lipinski definition) is 4. The first-order valence-corrected chi connectivity index (χ1v) is 5.33. The molecule has 0 fully saturated rings. The van der Waals surface area contributed by atoms with Gasteiger partial charge in [-0.3, -0.25) is 5.10 Å². The lowest BCUT2D eigenvalue weighted by Gasteiger charge is -2.13. The van der Waals surface area contributed by atoms with Crippen molar-refractivity contribution in [2.45, 2.75) is 10.8 Å². The van der Waals surface area contributed by atoms with Gasteiger partial charge in [-0.05, 0) is 0 Å². The quantitative estimate of drug-likeness (QED) is 0.636. The Bertz CT molecular complexity index is 403. The molecule has 0 aliphatic heterocycles. The van der Waals surface area contributed by atoms with Crippen LogP contribution >= 0.6 is 0 Å². The Kier molecular flexibility index (Phi) is 3.37. The number of halogens is 2. The van der Waals surface area contributed by atoms with Gasteiger partial charge in [0.15, 0.2) is 0 Å². The molecule has 9 heteroatoms. The predicted octanol–water partition coefficient (Wildman–Crippen LogP) is -0.684. The zero-order chi connectivity index (χ0) is 11.5. The maximum Gasteiger partial charge on any atom is 0.283 e. The smallest absolute Gasteiger partial charge is 0.283 e. The van der Waals surface area contributed by atoms with E-state index in [0.717, 1.165) is 12.4 Å². The Morgan fingerprint density at radius 3 is 2.73 bits per heavy atom. The molecular weight excluding hydrogens is 232 g/mol. The Hall–Kier alpha value is -1.06. The first-order chi connectivity index (χ1) is 6.87. The molecule has 86 valence electrons. The number of aromatic nitrogens is 2. The van der Waals surface area contributed by atoms with E-state index in [1.54, 1.807) is 4.72 Å². The second kappa shape index (κ2) is 4.21. The number of aliphatic hydroxyl groups is 1. The topological polar surface area (TPSA) is 95.1 Å². The molecule has 1 aromatic heterocycles. The normalized spacial score (nSPS) is 13.0. The molecule has 6 nitrogen and oxygen atoms in total. The summed E-state index contributed by atoms with van der Waals surface area (Å²) in [6.45, 7) is -2.57.